The lowest BCUT2D eigenvalue weighted by atomic mass is 9.77. The Morgan fingerprint density at radius 1 is 0.771 bits per heavy atom. The molecular formula is C30H38N4O. The molecule has 35 heavy (non-hydrogen) atoms. The van der Waals surface area contributed by atoms with Crippen molar-refractivity contribution in [2.75, 3.05) is 16.8 Å². The molecule has 0 aromatic heterocycles. The zero-order valence-corrected chi connectivity index (χ0v) is 21.5. The van der Waals surface area contributed by atoms with Crippen molar-refractivity contribution >= 4 is 28.7 Å². The third-order valence-corrected chi connectivity index (χ3v) is 7.03. The molecule has 0 radical (unpaired) electrons. The van der Waals surface area contributed by atoms with E-state index in [2.05, 4.69) is 84.5 Å². The van der Waals surface area contributed by atoms with Gasteiger partial charge in [0.05, 0.1) is 11.4 Å². The van der Waals surface area contributed by atoms with Crippen LogP contribution in [0.5, 0.6) is 0 Å². The number of nitrogens with zero attached hydrogens (tertiary/aromatic N) is 3. The largest absolute Gasteiger partial charge is 0.367 e. The highest BCUT2D eigenvalue weighted by molar-refractivity contribution is 5.91. The third-order valence-electron chi connectivity index (χ3n) is 7.03. The minimum absolute atomic E-state index is 0.0680. The van der Waals surface area contributed by atoms with Crippen LogP contribution in [0.1, 0.15) is 58.9 Å². The van der Waals surface area contributed by atoms with Crippen molar-refractivity contribution in [1.29, 1.82) is 0 Å². The van der Waals surface area contributed by atoms with Crippen LogP contribution in [0.4, 0.5) is 22.7 Å². The fourth-order valence-corrected chi connectivity index (χ4v) is 4.32. The van der Waals surface area contributed by atoms with Crippen LogP contribution < -0.4 is 10.2 Å². The molecule has 3 rings (SSSR count). The molecule has 1 N–H and O–H groups in total. The maximum Gasteiger partial charge on any atom is 0.224 e. The van der Waals surface area contributed by atoms with E-state index in [-0.39, 0.29) is 11.3 Å². The molecule has 3 aromatic rings. The van der Waals surface area contributed by atoms with E-state index in [4.69, 9.17) is 0 Å². The molecule has 0 bridgehead atoms. The van der Waals surface area contributed by atoms with Gasteiger partial charge >= 0.3 is 0 Å². The highest BCUT2D eigenvalue weighted by Crippen LogP contribution is 2.34. The maximum atomic E-state index is 12.5. The highest BCUT2D eigenvalue weighted by atomic mass is 16.1. The van der Waals surface area contributed by atoms with Gasteiger partial charge < -0.3 is 10.2 Å². The number of hydrogen-bond donors (Lipinski definition) is 1. The molecule has 5 nitrogen and oxygen atoms in total. The lowest BCUT2D eigenvalue weighted by molar-refractivity contribution is -0.118. The van der Waals surface area contributed by atoms with Crippen molar-refractivity contribution in [2.24, 2.45) is 15.6 Å². The van der Waals surface area contributed by atoms with Crippen LogP contribution in [0.3, 0.4) is 0 Å². The minimum Gasteiger partial charge on any atom is -0.367 e. The van der Waals surface area contributed by atoms with Crippen LogP contribution in [0.2, 0.25) is 0 Å². The Morgan fingerprint density at radius 3 is 1.83 bits per heavy atom. The van der Waals surface area contributed by atoms with Gasteiger partial charge in [-0.3, -0.25) is 4.79 Å². The number of benzene rings is 3. The SMILES string of the molecule is CCN(Cc1ccccc1)c1ccc(/N=N\c2ccc(NC(=O)CC(CC)(CC)CC)cc2)cc1. The van der Waals surface area contributed by atoms with Gasteiger partial charge in [-0.05, 0) is 85.7 Å². The first-order valence-electron chi connectivity index (χ1n) is 12.7. The fourth-order valence-electron chi connectivity index (χ4n) is 4.32. The number of carbonyl (C=O) groups excluding carboxylic acids is 1. The standard InChI is InChI=1S/C30H38N4O/c1-5-30(6-2,7-3)22-29(35)31-25-14-16-26(17-15-25)32-33-27-18-20-28(21-19-27)34(8-4)23-24-12-10-9-11-13-24/h9-21H,5-8,22-23H2,1-4H3,(H,31,35)/b33-32-. The van der Waals surface area contributed by atoms with Gasteiger partial charge in [0.1, 0.15) is 0 Å². The Kier molecular flexibility index (Phi) is 9.59. The summed E-state index contributed by atoms with van der Waals surface area (Å²) in [4.78, 5) is 14.9. The van der Waals surface area contributed by atoms with Gasteiger partial charge in [-0.25, -0.2) is 0 Å². The highest BCUT2D eigenvalue weighted by Gasteiger charge is 2.27. The third kappa shape index (κ3) is 7.51. The molecule has 0 unspecified atom stereocenters. The summed E-state index contributed by atoms with van der Waals surface area (Å²) in [6, 6.07) is 26.1. The van der Waals surface area contributed by atoms with Crippen LogP contribution in [0.25, 0.3) is 0 Å². The van der Waals surface area contributed by atoms with Crippen molar-refractivity contribution in [3.8, 4) is 0 Å². The van der Waals surface area contributed by atoms with E-state index in [1.54, 1.807) is 0 Å². The summed E-state index contributed by atoms with van der Waals surface area (Å²) in [6.07, 6.45) is 3.58. The van der Waals surface area contributed by atoms with Gasteiger partial charge in [0.25, 0.3) is 0 Å². The molecule has 0 aliphatic carbocycles. The minimum atomic E-state index is 0.0680. The molecule has 0 saturated carbocycles. The van der Waals surface area contributed by atoms with Crippen LogP contribution in [0, 0.1) is 5.41 Å². The Hall–Kier alpha value is -3.47. The van der Waals surface area contributed by atoms with E-state index in [1.165, 1.54) is 5.56 Å². The molecule has 0 heterocycles. The second-order valence-electron chi connectivity index (χ2n) is 9.05. The first-order valence-corrected chi connectivity index (χ1v) is 12.7. The topological polar surface area (TPSA) is 57.1 Å². The maximum absolute atomic E-state index is 12.5. The Labute approximate surface area is 210 Å². The average Bonchev–Trinajstić information content (AvgIpc) is 2.91. The normalized spacial score (nSPS) is 11.5. The summed E-state index contributed by atoms with van der Waals surface area (Å²) < 4.78 is 0. The summed E-state index contributed by atoms with van der Waals surface area (Å²) >= 11 is 0. The first kappa shape index (κ1) is 26.1. The van der Waals surface area contributed by atoms with E-state index >= 15 is 0 Å². The number of hydrogen-bond acceptors (Lipinski definition) is 4. The molecule has 0 atom stereocenters. The molecule has 0 saturated heterocycles. The predicted molar refractivity (Wildman–Crippen MR) is 147 cm³/mol. The van der Waals surface area contributed by atoms with E-state index in [0.29, 0.717) is 6.42 Å². The van der Waals surface area contributed by atoms with Crippen molar-refractivity contribution < 1.29 is 4.79 Å². The summed E-state index contributed by atoms with van der Waals surface area (Å²) in [5, 5.41) is 11.8. The zero-order valence-electron chi connectivity index (χ0n) is 21.5. The summed E-state index contributed by atoms with van der Waals surface area (Å²) in [6.45, 7) is 10.5. The van der Waals surface area contributed by atoms with Gasteiger partial charge in [0.15, 0.2) is 0 Å². The summed E-state index contributed by atoms with van der Waals surface area (Å²) in [5.74, 6) is 0.0680. The summed E-state index contributed by atoms with van der Waals surface area (Å²) in [7, 11) is 0. The molecule has 0 aliphatic heterocycles. The first-order chi connectivity index (χ1) is 17.0. The van der Waals surface area contributed by atoms with Gasteiger partial charge in [-0.2, -0.15) is 10.2 Å². The van der Waals surface area contributed by atoms with Crippen LogP contribution in [-0.2, 0) is 11.3 Å². The second-order valence-corrected chi connectivity index (χ2v) is 9.05. The fraction of sp³-hybridized carbons (Fsp3) is 0.367. The molecule has 1 amide bonds. The smallest absolute Gasteiger partial charge is 0.224 e. The lowest BCUT2D eigenvalue weighted by Gasteiger charge is -2.29. The average molecular weight is 471 g/mol. The molecule has 3 aromatic carbocycles. The van der Waals surface area contributed by atoms with Crippen molar-refractivity contribution in [1.82, 2.24) is 0 Å². The van der Waals surface area contributed by atoms with E-state index in [0.717, 1.165) is 55.1 Å². The second kappa shape index (κ2) is 12.8. The molecule has 0 aliphatic rings. The van der Waals surface area contributed by atoms with E-state index in [9.17, 15) is 4.79 Å². The van der Waals surface area contributed by atoms with Crippen LogP contribution >= 0.6 is 0 Å². The van der Waals surface area contributed by atoms with E-state index in [1.807, 2.05) is 42.5 Å². The van der Waals surface area contributed by atoms with Gasteiger partial charge in [0, 0.05) is 30.9 Å². The van der Waals surface area contributed by atoms with Gasteiger partial charge in [-0.15, -0.1) is 0 Å². The van der Waals surface area contributed by atoms with Crippen molar-refractivity contribution in [2.45, 2.75) is 59.9 Å². The van der Waals surface area contributed by atoms with Crippen molar-refractivity contribution in [3.63, 3.8) is 0 Å². The molecular weight excluding hydrogens is 432 g/mol. The molecule has 184 valence electrons. The van der Waals surface area contributed by atoms with E-state index < -0.39 is 0 Å². The molecule has 0 spiro atoms. The number of anilines is 2. The molecule has 0 fully saturated rings. The monoisotopic (exact) mass is 470 g/mol. The van der Waals surface area contributed by atoms with Crippen molar-refractivity contribution in [3.05, 3.63) is 84.4 Å². The van der Waals surface area contributed by atoms with Crippen LogP contribution in [-0.4, -0.2) is 12.5 Å². The lowest BCUT2D eigenvalue weighted by Crippen LogP contribution is -2.26. The van der Waals surface area contributed by atoms with Gasteiger partial charge in [-0.1, -0.05) is 51.1 Å². The predicted octanol–water partition coefficient (Wildman–Crippen LogP) is 8.67. The Morgan fingerprint density at radius 2 is 1.31 bits per heavy atom. The number of amides is 1. The number of carbonyl (C=O) groups is 1. The summed E-state index contributed by atoms with van der Waals surface area (Å²) in [5.41, 5.74) is 4.87. The zero-order chi connectivity index (χ0) is 25.1. The Balaban J connectivity index is 1.57. The van der Waals surface area contributed by atoms with Gasteiger partial charge in [0.2, 0.25) is 5.91 Å². The number of nitrogens with one attached hydrogen (secondary N) is 1. The van der Waals surface area contributed by atoms with Crippen LogP contribution in [0.15, 0.2) is 89.1 Å². The quantitative estimate of drug-likeness (QED) is 0.269. The number of rotatable bonds is 12. The Bertz CT molecular complexity index is 1060. The molecule has 5 heteroatoms. The number of azo groups is 1.